The number of nitrogens with zero attached hydrogens (tertiary/aromatic N) is 1. The molecule has 0 aromatic rings. The highest BCUT2D eigenvalue weighted by Gasteiger charge is 2.26. The predicted octanol–water partition coefficient (Wildman–Crippen LogP) is 0.137. The van der Waals surface area contributed by atoms with E-state index in [9.17, 15) is 4.79 Å². The largest absolute Gasteiger partial charge is 0.379 e. The molecule has 14 heavy (non-hydrogen) atoms. The highest BCUT2D eigenvalue weighted by molar-refractivity contribution is 5.81. The van der Waals surface area contributed by atoms with Crippen LogP contribution in [0.4, 0.5) is 0 Å². The van der Waals surface area contributed by atoms with Crippen LogP contribution in [0.5, 0.6) is 0 Å². The Kier molecular flexibility index (Phi) is 4.10. The second-order valence-corrected chi connectivity index (χ2v) is 3.60. The minimum Gasteiger partial charge on any atom is -0.379 e. The van der Waals surface area contributed by atoms with Crippen LogP contribution in [0.15, 0.2) is 12.7 Å². The van der Waals surface area contributed by atoms with Crippen LogP contribution < -0.4 is 5.73 Å². The monoisotopic (exact) mass is 198 g/mol. The molecule has 0 radical (unpaired) electrons. The first-order valence-corrected chi connectivity index (χ1v) is 4.87. The van der Waals surface area contributed by atoms with Gasteiger partial charge in [0.15, 0.2) is 0 Å². The Morgan fingerprint density at radius 2 is 2.57 bits per heavy atom. The van der Waals surface area contributed by atoms with Gasteiger partial charge in [0.1, 0.15) is 0 Å². The number of rotatable bonds is 4. The van der Waals surface area contributed by atoms with Gasteiger partial charge in [0.25, 0.3) is 0 Å². The first kappa shape index (κ1) is 11.2. The molecule has 4 nitrogen and oxygen atoms in total. The summed E-state index contributed by atoms with van der Waals surface area (Å²) < 4.78 is 5.21. The molecule has 1 aliphatic rings. The number of amides is 1. The summed E-state index contributed by atoms with van der Waals surface area (Å²) in [7, 11) is 1.78. The zero-order valence-corrected chi connectivity index (χ0v) is 8.61. The summed E-state index contributed by atoms with van der Waals surface area (Å²) in [6.45, 7) is 4.93. The van der Waals surface area contributed by atoms with E-state index in [1.807, 2.05) is 0 Å². The molecule has 2 atom stereocenters. The van der Waals surface area contributed by atoms with Crippen molar-refractivity contribution < 1.29 is 9.53 Å². The van der Waals surface area contributed by atoms with Gasteiger partial charge in [-0.3, -0.25) is 4.79 Å². The fourth-order valence-electron chi connectivity index (χ4n) is 1.55. The van der Waals surface area contributed by atoms with E-state index in [0.717, 1.165) is 13.0 Å². The van der Waals surface area contributed by atoms with Crippen LogP contribution in [0.25, 0.3) is 0 Å². The van der Waals surface area contributed by atoms with Crippen molar-refractivity contribution in [1.82, 2.24) is 4.90 Å². The number of nitrogens with two attached hydrogens (primary N) is 1. The average molecular weight is 198 g/mol. The maximum atomic E-state index is 11.7. The fraction of sp³-hybridized carbons (Fsp3) is 0.700. The normalized spacial score (nSPS) is 23.1. The van der Waals surface area contributed by atoms with Crippen LogP contribution in [0, 0.1) is 0 Å². The van der Waals surface area contributed by atoms with E-state index in [0.29, 0.717) is 13.0 Å². The summed E-state index contributed by atoms with van der Waals surface area (Å²) >= 11 is 0. The molecule has 0 aromatic carbocycles. The highest BCUT2D eigenvalue weighted by Crippen LogP contribution is 2.11. The van der Waals surface area contributed by atoms with Crippen LogP contribution in [-0.4, -0.2) is 43.2 Å². The molecule has 1 rings (SSSR count). The van der Waals surface area contributed by atoms with E-state index >= 15 is 0 Å². The third kappa shape index (κ3) is 2.56. The van der Waals surface area contributed by atoms with E-state index in [1.165, 1.54) is 0 Å². The second kappa shape index (κ2) is 5.12. The topological polar surface area (TPSA) is 55.6 Å². The Morgan fingerprint density at radius 1 is 1.86 bits per heavy atom. The molecule has 0 bridgehead atoms. The highest BCUT2D eigenvalue weighted by atomic mass is 16.5. The summed E-state index contributed by atoms with van der Waals surface area (Å²) in [4.78, 5) is 13.4. The molecule has 1 amide bonds. The van der Waals surface area contributed by atoms with Crippen molar-refractivity contribution in [3.63, 3.8) is 0 Å². The summed E-state index contributed by atoms with van der Waals surface area (Å²) in [6.07, 6.45) is 3.10. The standard InChI is InChI=1S/C10H18N2O2/c1-3-4-9(11)10(13)12(2)8-5-6-14-7-8/h3,8-9H,1,4-7,11H2,2H3. The number of likely N-dealkylation sites (N-methyl/N-ethyl adjacent to an activating group) is 1. The van der Waals surface area contributed by atoms with Crippen molar-refractivity contribution in [2.45, 2.75) is 24.9 Å². The van der Waals surface area contributed by atoms with Gasteiger partial charge >= 0.3 is 0 Å². The molecule has 1 fully saturated rings. The molecule has 2 N–H and O–H groups in total. The molecule has 80 valence electrons. The van der Waals surface area contributed by atoms with Crippen molar-refractivity contribution in [2.24, 2.45) is 5.73 Å². The van der Waals surface area contributed by atoms with Crippen molar-refractivity contribution in [3.05, 3.63) is 12.7 Å². The Hall–Kier alpha value is -0.870. The lowest BCUT2D eigenvalue weighted by atomic mass is 10.1. The first-order chi connectivity index (χ1) is 6.66. The molecule has 0 aromatic heterocycles. The zero-order valence-electron chi connectivity index (χ0n) is 8.61. The predicted molar refractivity (Wildman–Crippen MR) is 54.8 cm³/mol. The van der Waals surface area contributed by atoms with Gasteiger partial charge < -0.3 is 15.4 Å². The van der Waals surface area contributed by atoms with Crippen LogP contribution in [0.3, 0.4) is 0 Å². The number of ether oxygens (including phenoxy) is 1. The molecule has 1 heterocycles. The minimum atomic E-state index is -0.460. The van der Waals surface area contributed by atoms with Crippen molar-refractivity contribution in [2.75, 3.05) is 20.3 Å². The van der Waals surface area contributed by atoms with Gasteiger partial charge in [-0.15, -0.1) is 6.58 Å². The average Bonchev–Trinajstić information content (AvgIpc) is 2.68. The Labute approximate surface area is 84.7 Å². The lowest BCUT2D eigenvalue weighted by Gasteiger charge is -2.25. The van der Waals surface area contributed by atoms with Gasteiger partial charge in [-0.1, -0.05) is 6.08 Å². The van der Waals surface area contributed by atoms with Gasteiger partial charge in [-0.2, -0.15) is 0 Å². The number of hydrogen-bond acceptors (Lipinski definition) is 3. The summed E-state index contributed by atoms with van der Waals surface area (Å²) in [5.41, 5.74) is 5.69. The van der Waals surface area contributed by atoms with Crippen molar-refractivity contribution >= 4 is 5.91 Å². The van der Waals surface area contributed by atoms with Gasteiger partial charge in [0, 0.05) is 13.7 Å². The lowest BCUT2D eigenvalue weighted by Crippen LogP contribution is -2.46. The molecule has 1 saturated heterocycles. The van der Waals surface area contributed by atoms with Crippen LogP contribution in [0.1, 0.15) is 12.8 Å². The van der Waals surface area contributed by atoms with Crippen LogP contribution in [0.2, 0.25) is 0 Å². The Bertz CT molecular complexity index is 212. The third-order valence-electron chi connectivity index (χ3n) is 2.54. The van der Waals surface area contributed by atoms with E-state index in [4.69, 9.17) is 10.5 Å². The Balaban J connectivity index is 2.45. The van der Waals surface area contributed by atoms with Crippen LogP contribution >= 0.6 is 0 Å². The SMILES string of the molecule is C=CCC(N)C(=O)N(C)C1CCOC1. The smallest absolute Gasteiger partial charge is 0.239 e. The molecule has 0 saturated carbocycles. The maximum absolute atomic E-state index is 11.7. The van der Waals surface area contributed by atoms with Gasteiger partial charge in [0.05, 0.1) is 18.7 Å². The molecule has 2 unspecified atom stereocenters. The van der Waals surface area contributed by atoms with Crippen LogP contribution in [-0.2, 0) is 9.53 Å². The van der Waals surface area contributed by atoms with E-state index in [2.05, 4.69) is 6.58 Å². The number of hydrogen-bond donors (Lipinski definition) is 1. The quantitative estimate of drug-likeness (QED) is 0.654. The Morgan fingerprint density at radius 3 is 3.07 bits per heavy atom. The summed E-state index contributed by atoms with van der Waals surface area (Å²) in [5.74, 6) is -0.0274. The third-order valence-corrected chi connectivity index (χ3v) is 2.54. The van der Waals surface area contributed by atoms with Crippen molar-refractivity contribution in [1.29, 1.82) is 0 Å². The first-order valence-electron chi connectivity index (χ1n) is 4.87. The van der Waals surface area contributed by atoms with Gasteiger partial charge in [-0.25, -0.2) is 0 Å². The van der Waals surface area contributed by atoms with Gasteiger partial charge in [-0.05, 0) is 12.8 Å². The van der Waals surface area contributed by atoms with Crippen molar-refractivity contribution in [3.8, 4) is 0 Å². The summed E-state index contributed by atoms with van der Waals surface area (Å²) in [6, 6.07) is -0.267. The molecular weight excluding hydrogens is 180 g/mol. The lowest BCUT2D eigenvalue weighted by molar-refractivity contribution is -0.133. The van der Waals surface area contributed by atoms with Gasteiger partial charge in [0.2, 0.25) is 5.91 Å². The van der Waals surface area contributed by atoms with E-state index in [-0.39, 0.29) is 11.9 Å². The van der Waals surface area contributed by atoms with E-state index in [1.54, 1.807) is 18.0 Å². The molecule has 0 aliphatic carbocycles. The summed E-state index contributed by atoms with van der Waals surface area (Å²) in [5, 5.41) is 0. The molecule has 0 spiro atoms. The molecular formula is C10H18N2O2. The zero-order chi connectivity index (χ0) is 10.6. The molecule has 4 heteroatoms. The molecule has 1 aliphatic heterocycles. The number of carbonyl (C=O) groups excluding carboxylic acids is 1. The second-order valence-electron chi connectivity index (χ2n) is 3.60. The van der Waals surface area contributed by atoms with E-state index < -0.39 is 6.04 Å². The maximum Gasteiger partial charge on any atom is 0.239 e. The number of carbonyl (C=O) groups is 1. The minimum absolute atomic E-state index is 0.0274. The fourth-order valence-corrected chi connectivity index (χ4v) is 1.55.